The summed E-state index contributed by atoms with van der Waals surface area (Å²) in [4.78, 5) is 28.9. The van der Waals surface area contributed by atoms with Gasteiger partial charge in [-0.15, -0.1) is 11.3 Å². The molecule has 2 rings (SSSR count). The third kappa shape index (κ3) is 4.52. The fourth-order valence-electron chi connectivity index (χ4n) is 2.37. The van der Waals surface area contributed by atoms with E-state index in [1.165, 1.54) is 11.3 Å². The van der Waals surface area contributed by atoms with E-state index in [2.05, 4.69) is 26.1 Å². The maximum atomic E-state index is 12.4. The van der Waals surface area contributed by atoms with Gasteiger partial charge < -0.3 is 15.3 Å². The molecular formula is C14H20BrN3O3S. The topological polar surface area (TPSA) is 72.9 Å². The highest BCUT2D eigenvalue weighted by atomic mass is 79.9. The Hall–Kier alpha value is -0.960. The number of hydrogen-bond donors (Lipinski definition) is 2. The lowest BCUT2D eigenvalue weighted by atomic mass is 10.2. The van der Waals surface area contributed by atoms with Crippen LogP contribution in [0.3, 0.4) is 0 Å². The molecule has 1 aliphatic rings. The summed E-state index contributed by atoms with van der Waals surface area (Å²) in [6.45, 7) is 5.25. The molecule has 8 heteroatoms. The second-order valence-corrected chi connectivity index (χ2v) is 7.65. The zero-order valence-electron chi connectivity index (χ0n) is 12.4. The van der Waals surface area contributed by atoms with Crippen LogP contribution in [0, 0.1) is 0 Å². The highest BCUT2D eigenvalue weighted by Gasteiger charge is 2.26. The molecule has 0 radical (unpaired) electrons. The van der Waals surface area contributed by atoms with E-state index >= 15 is 0 Å². The van der Waals surface area contributed by atoms with Crippen molar-refractivity contribution in [1.29, 1.82) is 0 Å². The minimum Gasteiger partial charge on any atom is -0.395 e. The molecule has 1 aromatic rings. The van der Waals surface area contributed by atoms with Gasteiger partial charge in [0.1, 0.15) is 6.04 Å². The second-order valence-electron chi connectivity index (χ2n) is 5.19. The Kier molecular flexibility index (Phi) is 6.37. The van der Waals surface area contributed by atoms with E-state index in [0.29, 0.717) is 24.5 Å². The zero-order valence-corrected chi connectivity index (χ0v) is 14.8. The lowest BCUT2D eigenvalue weighted by molar-refractivity contribution is -0.134. The number of thiophene rings is 1. The minimum absolute atomic E-state index is 0.0624. The molecule has 1 aliphatic heterocycles. The van der Waals surface area contributed by atoms with Gasteiger partial charge in [0.2, 0.25) is 5.91 Å². The molecule has 0 bridgehead atoms. The number of hydrogen-bond acceptors (Lipinski definition) is 5. The number of carbonyl (C=O) groups excluding carboxylic acids is 2. The van der Waals surface area contributed by atoms with Gasteiger partial charge in [-0.1, -0.05) is 0 Å². The predicted octanol–water partition coefficient (Wildman–Crippen LogP) is 0.765. The summed E-state index contributed by atoms with van der Waals surface area (Å²) < 4.78 is 0.886. The molecule has 2 N–H and O–H groups in total. The van der Waals surface area contributed by atoms with Crippen molar-refractivity contribution in [2.24, 2.45) is 0 Å². The maximum Gasteiger partial charge on any atom is 0.262 e. The number of halogens is 1. The number of amides is 2. The molecule has 2 amide bonds. The van der Waals surface area contributed by atoms with Gasteiger partial charge in [0.25, 0.3) is 5.91 Å². The number of aliphatic hydroxyl groups excluding tert-OH is 1. The molecule has 1 aromatic heterocycles. The van der Waals surface area contributed by atoms with E-state index in [4.69, 9.17) is 5.11 Å². The molecule has 0 aliphatic carbocycles. The van der Waals surface area contributed by atoms with E-state index in [1.54, 1.807) is 17.9 Å². The molecule has 0 saturated carbocycles. The first-order valence-electron chi connectivity index (χ1n) is 7.19. The summed E-state index contributed by atoms with van der Waals surface area (Å²) >= 11 is 4.66. The molecule has 1 unspecified atom stereocenters. The standard InChI is InChI=1S/C14H20BrN3O3S/c1-10(16-13(20)11-2-3-12(15)22-11)14(21)18-6-4-17(5-7-18)8-9-19/h2-3,10,19H,4-9H2,1H3,(H,16,20). The van der Waals surface area contributed by atoms with Crippen molar-refractivity contribution in [2.75, 3.05) is 39.3 Å². The summed E-state index contributed by atoms with van der Waals surface area (Å²) in [5.74, 6) is -0.289. The Morgan fingerprint density at radius 1 is 1.36 bits per heavy atom. The fourth-order valence-corrected chi connectivity index (χ4v) is 3.66. The first-order valence-corrected chi connectivity index (χ1v) is 8.80. The summed E-state index contributed by atoms with van der Waals surface area (Å²) in [7, 11) is 0. The quantitative estimate of drug-likeness (QED) is 0.779. The normalized spacial score (nSPS) is 17.3. The van der Waals surface area contributed by atoms with E-state index < -0.39 is 6.04 Å². The molecule has 6 nitrogen and oxygen atoms in total. The third-order valence-electron chi connectivity index (χ3n) is 3.62. The van der Waals surface area contributed by atoms with Crippen LogP contribution in [-0.2, 0) is 4.79 Å². The number of piperazine rings is 1. The van der Waals surface area contributed by atoms with Gasteiger partial charge in [-0.05, 0) is 35.0 Å². The van der Waals surface area contributed by atoms with Crippen molar-refractivity contribution in [3.8, 4) is 0 Å². The van der Waals surface area contributed by atoms with Gasteiger partial charge in [0, 0.05) is 32.7 Å². The monoisotopic (exact) mass is 389 g/mol. The van der Waals surface area contributed by atoms with Crippen LogP contribution in [0.25, 0.3) is 0 Å². The van der Waals surface area contributed by atoms with Crippen molar-refractivity contribution < 1.29 is 14.7 Å². The van der Waals surface area contributed by atoms with Crippen LogP contribution in [0.1, 0.15) is 16.6 Å². The molecule has 1 fully saturated rings. The first kappa shape index (κ1) is 17.4. The molecule has 1 atom stereocenters. The Morgan fingerprint density at radius 3 is 2.59 bits per heavy atom. The summed E-state index contributed by atoms with van der Waals surface area (Å²) in [5.41, 5.74) is 0. The van der Waals surface area contributed by atoms with Crippen LogP contribution < -0.4 is 5.32 Å². The Morgan fingerprint density at radius 2 is 2.05 bits per heavy atom. The van der Waals surface area contributed by atoms with Crippen molar-refractivity contribution >= 4 is 39.1 Å². The van der Waals surface area contributed by atoms with Gasteiger partial charge >= 0.3 is 0 Å². The Labute approximate surface area is 142 Å². The number of nitrogens with zero attached hydrogens (tertiary/aromatic N) is 2. The molecule has 1 saturated heterocycles. The van der Waals surface area contributed by atoms with Crippen molar-refractivity contribution in [3.05, 3.63) is 20.8 Å². The van der Waals surface area contributed by atoms with Crippen LogP contribution in [0.15, 0.2) is 15.9 Å². The summed E-state index contributed by atoms with van der Waals surface area (Å²) in [6, 6.07) is 3.00. The number of aliphatic hydroxyl groups is 1. The molecule has 0 spiro atoms. The van der Waals surface area contributed by atoms with Crippen molar-refractivity contribution in [3.63, 3.8) is 0 Å². The zero-order chi connectivity index (χ0) is 16.1. The number of nitrogens with one attached hydrogen (secondary N) is 1. The largest absolute Gasteiger partial charge is 0.395 e. The molecule has 122 valence electrons. The van der Waals surface area contributed by atoms with Crippen molar-refractivity contribution in [2.45, 2.75) is 13.0 Å². The number of β-amino-alcohol motifs (C(OH)–C–C–N with tert-alkyl or cyclic N) is 1. The SMILES string of the molecule is CC(NC(=O)c1ccc(Br)s1)C(=O)N1CCN(CCO)CC1. The van der Waals surface area contributed by atoms with Crippen LogP contribution >= 0.6 is 27.3 Å². The lowest BCUT2D eigenvalue weighted by Crippen LogP contribution is -2.54. The minimum atomic E-state index is -0.544. The highest BCUT2D eigenvalue weighted by Crippen LogP contribution is 2.21. The van der Waals surface area contributed by atoms with E-state index in [9.17, 15) is 9.59 Å². The molecule has 0 aromatic carbocycles. The summed E-state index contributed by atoms with van der Waals surface area (Å²) in [6.07, 6.45) is 0. The van der Waals surface area contributed by atoms with E-state index in [1.807, 2.05) is 6.07 Å². The fraction of sp³-hybridized carbons (Fsp3) is 0.571. The van der Waals surface area contributed by atoms with Gasteiger partial charge in [0.05, 0.1) is 15.3 Å². The number of rotatable bonds is 5. The summed E-state index contributed by atoms with van der Waals surface area (Å²) in [5, 5.41) is 11.7. The Bertz CT molecular complexity index is 529. The third-order valence-corrected chi connectivity index (χ3v) is 5.24. The average molecular weight is 390 g/mol. The lowest BCUT2D eigenvalue weighted by Gasteiger charge is -2.35. The maximum absolute atomic E-state index is 12.4. The number of carbonyl (C=O) groups is 2. The first-order chi connectivity index (χ1) is 10.5. The predicted molar refractivity (Wildman–Crippen MR) is 89.1 cm³/mol. The van der Waals surface area contributed by atoms with Gasteiger partial charge in [0.15, 0.2) is 0 Å². The van der Waals surface area contributed by atoms with Gasteiger partial charge in [-0.3, -0.25) is 14.5 Å². The van der Waals surface area contributed by atoms with Gasteiger partial charge in [-0.25, -0.2) is 0 Å². The van der Waals surface area contributed by atoms with Crippen LogP contribution in [0.5, 0.6) is 0 Å². The van der Waals surface area contributed by atoms with Crippen molar-refractivity contribution in [1.82, 2.24) is 15.1 Å². The smallest absolute Gasteiger partial charge is 0.262 e. The van der Waals surface area contributed by atoms with Gasteiger partial charge in [-0.2, -0.15) is 0 Å². The molecule has 2 heterocycles. The average Bonchev–Trinajstić information content (AvgIpc) is 2.94. The van der Waals surface area contributed by atoms with Crippen LogP contribution in [0.4, 0.5) is 0 Å². The molecular weight excluding hydrogens is 370 g/mol. The Balaban J connectivity index is 1.83. The van der Waals surface area contributed by atoms with E-state index in [-0.39, 0.29) is 18.4 Å². The highest BCUT2D eigenvalue weighted by molar-refractivity contribution is 9.11. The second kappa shape index (κ2) is 8.05. The molecule has 22 heavy (non-hydrogen) atoms. The van der Waals surface area contributed by atoms with E-state index in [0.717, 1.165) is 16.9 Å². The van der Waals surface area contributed by atoms with Crippen LogP contribution in [0.2, 0.25) is 0 Å². The van der Waals surface area contributed by atoms with Crippen LogP contribution in [-0.4, -0.2) is 72.1 Å².